The zero-order valence-electron chi connectivity index (χ0n) is 12.0. The molecule has 0 saturated heterocycles. The Balaban J connectivity index is 2.46. The van der Waals surface area contributed by atoms with Crippen LogP contribution >= 0.6 is 11.3 Å². The predicted octanol–water partition coefficient (Wildman–Crippen LogP) is 2.19. The van der Waals surface area contributed by atoms with Gasteiger partial charge in [0.25, 0.3) is 0 Å². The number of hydrogen-bond donors (Lipinski definition) is 1. The van der Waals surface area contributed by atoms with Crippen LogP contribution in [-0.2, 0) is 16.3 Å². The third-order valence-electron chi connectivity index (χ3n) is 2.84. The van der Waals surface area contributed by atoms with Crippen molar-refractivity contribution in [3.63, 3.8) is 0 Å². The SMILES string of the molecule is CCCNC(CCCS(C)(=O)=O)Cc1nc(C)cs1. The molecule has 0 aliphatic heterocycles. The lowest BCUT2D eigenvalue weighted by atomic mass is 10.1. The van der Waals surface area contributed by atoms with Crippen molar-refractivity contribution in [2.24, 2.45) is 0 Å². The van der Waals surface area contributed by atoms with Crippen molar-refractivity contribution in [3.8, 4) is 0 Å². The third-order valence-corrected chi connectivity index (χ3v) is 4.86. The Bertz CT molecular complexity index is 469. The Morgan fingerprint density at radius 2 is 2.21 bits per heavy atom. The fourth-order valence-electron chi connectivity index (χ4n) is 1.92. The van der Waals surface area contributed by atoms with Crippen LogP contribution in [0.1, 0.15) is 36.9 Å². The molecule has 0 amide bonds. The van der Waals surface area contributed by atoms with Gasteiger partial charge in [-0.25, -0.2) is 13.4 Å². The van der Waals surface area contributed by atoms with Gasteiger partial charge in [0.15, 0.2) is 0 Å². The van der Waals surface area contributed by atoms with Crippen LogP contribution in [0.4, 0.5) is 0 Å². The van der Waals surface area contributed by atoms with E-state index in [-0.39, 0.29) is 5.75 Å². The second-order valence-electron chi connectivity index (χ2n) is 5.01. The first-order valence-corrected chi connectivity index (χ1v) is 9.67. The maximum absolute atomic E-state index is 11.2. The molecule has 0 aliphatic carbocycles. The van der Waals surface area contributed by atoms with E-state index in [1.165, 1.54) is 6.26 Å². The number of aromatic nitrogens is 1. The zero-order valence-corrected chi connectivity index (χ0v) is 13.6. The summed E-state index contributed by atoms with van der Waals surface area (Å²) < 4.78 is 22.3. The lowest BCUT2D eigenvalue weighted by Crippen LogP contribution is -2.32. The second-order valence-corrected chi connectivity index (χ2v) is 8.21. The van der Waals surface area contributed by atoms with E-state index >= 15 is 0 Å². The normalized spacial score (nSPS) is 13.6. The maximum Gasteiger partial charge on any atom is 0.147 e. The summed E-state index contributed by atoms with van der Waals surface area (Å²) in [5, 5.41) is 6.67. The van der Waals surface area contributed by atoms with E-state index in [0.29, 0.717) is 12.5 Å². The Labute approximate surface area is 120 Å². The molecule has 0 fully saturated rings. The molecule has 1 heterocycles. The molecule has 1 aromatic rings. The lowest BCUT2D eigenvalue weighted by Gasteiger charge is -2.17. The van der Waals surface area contributed by atoms with Crippen molar-refractivity contribution in [3.05, 3.63) is 16.1 Å². The first-order chi connectivity index (χ1) is 8.90. The van der Waals surface area contributed by atoms with Crippen LogP contribution in [0.3, 0.4) is 0 Å². The Hall–Kier alpha value is -0.460. The van der Waals surface area contributed by atoms with Gasteiger partial charge in [0.1, 0.15) is 9.84 Å². The summed E-state index contributed by atoms with van der Waals surface area (Å²) in [4.78, 5) is 4.48. The second kappa shape index (κ2) is 7.97. The molecule has 0 saturated carbocycles. The van der Waals surface area contributed by atoms with Gasteiger partial charge in [-0.1, -0.05) is 6.92 Å². The molecule has 1 rings (SSSR count). The minimum absolute atomic E-state index is 0.272. The van der Waals surface area contributed by atoms with Crippen molar-refractivity contribution < 1.29 is 8.42 Å². The predicted molar refractivity (Wildman–Crippen MR) is 81.6 cm³/mol. The molecule has 1 aromatic heterocycles. The summed E-state index contributed by atoms with van der Waals surface area (Å²) in [6.07, 6.45) is 4.86. The summed E-state index contributed by atoms with van der Waals surface area (Å²) in [6, 6.07) is 0.326. The monoisotopic (exact) mass is 304 g/mol. The van der Waals surface area contributed by atoms with E-state index in [0.717, 1.165) is 36.5 Å². The Morgan fingerprint density at radius 1 is 1.47 bits per heavy atom. The molecule has 110 valence electrons. The van der Waals surface area contributed by atoms with Gasteiger partial charge in [0.2, 0.25) is 0 Å². The summed E-state index contributed by atoms with van der Waals surface area (Å²) >= 11 is 1.68. The van der Waals surface area contributed by atoms with Gasteiger partial charge in [0.05, 0.1) is 5.01 Å². The van der Waals surface area contributed by atoms with E-state index in [1.54, 1.807) is 11.3 Å². The topological polar surface area (TPSA) is 59.1 Å². The molecule has 19 heavy (non-hydrogen) atoms. The average Bonchev–Trinajstić information content (AvgIpc) is 2.70. The Morgan fingerprint density at radius 3 is 2.74 bits per heavy atom. The van der Waals surface area contributed by atoms with Crippen LogP contribution in [0.15, 0.2) is 5.38 Å². The van der Waals surface area contributed by atoms with Gasteiger partial charge in [-0.2, -0.15) is 0 Å². The third kappa shape index (κ3) is 7.64. The number of aryl methyl sites for hydroxylation is 1. The van der Waals surface area contributed by atoms with Crippen molar-refractivity contribution in [1.29, 1.82) is 0 Å². The number of sulfone groups is 1. The first-order valence-electron chi connectivity index (χ1n) is 6.73. The van der Waals surface area contributed by atoms with Crippen LogP contribution in [0.2, 0.25) is 0 Å². The molecule has 1 N–H and O–H groups in total. The van der Waals surface area contributed by atoms with Crippen molar-refractivity contribution in [2.45, 2.75) is 45.6 Å². The van der Waals surface area contributed by atoms with Crippen LogP contribution in [0, 0.1) is 6.92 Å². The quantitative estimate of drug-likeness (QED) is 0.760. The first kappa shape index (κ1) is 16.6. The molecule has 0 aliphatic rings. The molecule has 0 radical (unpaired) electrons. The van der Waals surface area contributed by atoms with E-state index in [1.807, 2.05) is 6.92 Å². The molecule has 0 aromatic carbocycles. The fraction of sp³-hybridized carbons (Fsp3) is 0.769. The minimum Gasteiger partial charge on any atom is -0.314 e. The van der Waals surface area contributed by atoms with E-state index in [2.05, 4.69) is 22.6 Å². The van der Waals surface area contributed by atoms with Gasteiger partial charge in [0, 0.05) is 35.5 Å². The highest BCUT2D eigenvalue weighted by atomic mass is 32.2. The fourth-order valence-corrected chi connectivity index (χ4v) is 3.47. The van der Waals surface area contributed by atoms with Crippen LogP contribution in [-0.4, -0.2) is 38.0 Å². The van der Waals surface area contributed by atoms with Crippen LogP contribution in [0.25, 0.3) is 0 Å². The standard InChI is InChI=1S/C13H24N2O2S2/c1-4-7-14-12(6-5-8-19(3,16)17)9-13-15-11(2)10-18-13/h10,12,14H,4-9H2,1-3H3. The number of nitrogens with one attached hydrogen (secondary N) is 1. The highest BCUT2D eigenvalue weighted by Gasteiger charge is 2.12. The number of thiazole rings is 1. The van der Waals surface area contributed by atoms with E-state index in [9.17, 15) is 8.42 Å². The van der Waals surface area contributed by atoms with Gasteiger partial charge >= 0.3 is 0 Å². The Kier molecular flexibility index (Phi) is 6.96. The van der Waals surface area contributed by atoms with Crippen molar-refractivity contribution >= 4 is 21.2 Å². The van der Waals surface area contributed by atoms with E-state index in [4.69, 9.17) is 0 Å². The number of rotatable bonds is 9. The smallest absolute Gasteiger partial charge is 0.147 e. The lowest BCUT2D eigenvalue weighted by molar-refractivity contribution is 0.471. The summed E-state index contributed by atoms with van der Waals surface area (Å²) in [5.74, 6) is 0.272. The molecular weight excluding hydrogens is 280 g/mol. The van der Waals surface area contributed by atoms with Gasteiger partial charge in [-0.15, -0.1) is 11.3 Å². The molecule has 1 atom stereocenters. The van der Waals surface area contributed by atoms with Gasteiger partial charge in [-0.3, -0.25) is 0 Å². The molecule has 4 nitrogen and oxygen atoms in total. The van der Waals surface area contributed by atoms with E-state index < -0.39 is 9.84 Å². The van der Waals surface area contributed by atoms with Crippen LogP contribution < -0.4 is 5.32 Å². The van der Waals surface area contributed by atoms with Gasteiger partial charge < -0.3 is 5.32 Å². The zero-order chi connectivity index (χ0) is 14.3. The molecule has 1 unspecified atom stereocenters. The maximum atomic E-state index is 11.2. The number of hydrogen-bond acceptors (Lipinski definition) is 5. The largest absolute Gasteiger partial charge is 0.314 e. The molecule has 6 heteroatoms. The average molecular weight is 304 g/mol. The highest BCUT2D eigenvalue weighted by molar-refractivity contribution is 7.90. The number of nitrogens with zero attached hydrogens (tertiary/aromatic N) is 1. The van der Waals surface area contributed by atoms with Crippen molar-refractivity contribution in [1.82, 2.24) is 10.3 Å². The highest BCUT2D eigenvalue weighted by Crippen LogP contribution is 2.13. The minimum atomic E-state index is -2.85. The van der Waals surface area contributed by atoms with Gasteiger partial charge in [-0.05, 0) is 32.7 Å². The molecule has 0 bridgehead atoms. The van der Waals surface area contributed by atoms with Crippen molar-refractivity contribution in [2.75, 3.05) is 18.6 Å². The molecule has 0 spiro atoms. The molecular formula is C13H24N2O2S2. The summed E-state index contributed by atoms with van der Waals surface area (Å²) in [7, 11) is -2.85. The summed E-state index contributed by atoms with van der Waals surface area (Å²) in [5.41, 5.74) is 1.06. The van der Waals surface area contributed by atoms with Crippen LogP contribution in [0.5, 0.6) is 0 Å². The summed E-state index contributed by atoms with van der Waals surface area (Å²) in [6.45, 7) is 5.10.